The van der Waals surface area contributed by atoms with Crippen molar-refractivity contribution in [3.63, 3.8) is 0 Å². The normalized spacial score (nSPS) is 9.14. The SMILES string of the molecule is NC(=O)CCCCCCCC(=O)O.[Na]. The Morgan fingerprint density at radius 1 is 0.929 bits per heavy atom. The Kier molecular flexibility index (Phi) is 12.9. The van der Waals surface area contributed by atoms with Crippen LogP contribution >= 0.6 is 0 Å². The number of carbonyl (C=O) groups excluding carboxylic acids is 1. The average molecular weight is 210 g/mol. The summed E-state index contributed by atoms with van der Waals surface area (Å²) in [5, 5.41) is 8.33. The quantitative estimate of drug-likeness (QED) is 0.461. The molecule has 0 bridgehead atoms. The van der Waals surface area contributed by atoms with E-state index in [-0.39, 0.29) is 41.9 Å². The van der Waals surface area contributed by atoms with Crippen molar-refractivity contribution in [1.82, 2.24) is 0 Å². The summed E-state index contributed by atoms with van der Waals surface area (Å²) >= 11 is 0. The number of hydrogen-bond acceptors (Lipinski definition) is 2. The first-order valence-electron chi connectivity index (χ1n) is 4.63. The third-order valence-corrected chi connectivity index (χ3v) is 1.81. The topological polar surface area (TPSA) is 80.4 Å². The van der Waals surface area contributed by atoms with Gasteiger partial charge in [-0.1, -0.05) is 19.3 Å². The first-order valence-corrected chi connectivity index (χ1v) is 4.63. The summed E-state index contributed by atoms with van der Waals surface area (Å²) in [7, 11) is 0. The van der Waals surface area contributed by atoms with Gasteiger partial charge in [0.25, 0.3) is 0 Å². The van der Waals surface area contributed by atoms with E-state index in [2.05, 4.69) is 0 Å². The van der Waals surface area contributed by atoms with Crippen LogP contribution in [0.1, 0.15) is 44.9 Å². The van der Waals surface area contributed by atoms with Gasteiger partial charge in [0.2, 0.25) is 5.91 Å². The molecule has 0 saturated carbocycles. The fourth-order valence-electron chi connectivity index (χ4n) is 1.11. The summed E-state index contributed by atoms with van der Waals surface area (Å²) < 4.78 is 0. The van der Waals surface area contributed by atoms with Crippen molar-refractivity contribution in [2.75, 3.05) is 0 Å². The third kappa shape index (κ3) is 14.5. The van der Waals surface area contributed by atoms with Gasteiger partial charge >= 0.3 is 5.97 Å². The molecule has 0 aromatic rings. The zero-order chi connectivity index (χ0) is 10.1. The van der Waals surface area contributed by atoms with Crippen molar-refractivity contribution < 1.29 is 14.7 Å². The van der Waals surface area contributed by atoms with Crippen LogP contribution in [0, 0.1) is 0 Å². The molecule has 0 aliphatic rings. The molecule has 0 saturated heterocycles. The van der Waals surface area contributed by atoms with Gasteiger partial charge < -0.3 is 10.8 Å². The molecular formula is C9H17NNaO3. The molecule has 0 heterocycles. The number of carboxylic acids is 1. The van der Waals surface area contributed by atoms with Gasteiger partial charge in [-0.3, -0.25) is 9.59 Å². The van der Waals surface area contributed by atoms with E-state index in [4.69, 9.17) is 10.8 Å². The van der Waals surface area contributed by atoms with Crippen LogP contribution in [0.2, 0.25) is 0 Å². The van der Waals surface area contributed by atoms with Crippen molar-refractivity contribution in [3.05, 3.63) is 0 Å². The number of carboxylic acid groups (broad SMARTS) is 1. The molecule has 14 heavy (non-hydrogen) atoms. The van der Waals surface area contributed by atoms with Crippen LogP contribution in [0.4, 0.5) is 0 Å². The van der Waals surface area contributed by atoms with Gasteiger partial charge in [0.05, 0.1) is 0 Å². The number of carbonyl (C=O) groups is 2. The maximum Gasteiger partial charge on any atom is 0.303 e. The summed E-state index contributed by atoms with van der Waals surface area (Å²) in [6, 6.07) is 0. The van der Waals surface area contributed by atoms with E-state index in [1.54, 1.807) is 0 Å². The monoisotopic (exact) mass is 210 g/mol. The molecule has 0 aromatic heterocycles. The Hall–Kier alpha value is -0.0600. The second kappa shape index (κ2) is 11.0. The van der Waals surface area contributed by atoms with E-state index in [1.165, 1.54) is 0 Å². The predicted molar refractivity (Wildman–Crippen MR) is 54.9 cm³/mol. The molecule has 4 nitrogen and oxygen atoms in total. The Labute approximate surface area is 107 Å². The molecule has 77 valence electrons. The first-order chi connectivity index (χ1) is 6.13. The minimum Gasteiger partial charge on any atom is -0.481 e. The number of rotatable bonds is 8. The fourth-order valence-corrected chi connectivity index (χ4v) is 1.11. The van der Waals surface area contributed by atoms with Crippen LogP contribution in [-0.4, -0.2) is 46.5 Å². The van der Waals surface area contributed by atoms with Crippen molar-refractivity contribution in [3.8, 4) is 0 Å². The summed E-state index contributed by atoms with van der Waals surface area (Å²) in [5.41, 5.74) is 4.96. The van der Waals surface area contributed by atoms with E-state index in [9.17, 15) is 9.59 Å². The van der Waals surface area contributed by atoms with Gasteiger partial charge in [-0.05, 0) is 12.8 Å². The second-order valence-electron chi connectivity index (χ2n) is 3.13. The summed E-state index contributed by atoms with van der Waals surface area (Å²) in [5.74, 6) is -0.998. The van der Waals surface area contributed by atoms with Gasteiger partial charge in [0.15, 0.2) is 0 Å². The van der Waals surface area contributed by atoms with E-state index >= 15 is 0 Å². The van der Waals surface area contributed by atoms with Gasteiger partial charge in [-0.2, -0.15) is 0 Å². The molecule has 1 radical (unpaired) electrons. The van der Waals surface area contributed by atoms with Crippen molar-refractivity contribution in [2.24, 2.45) is 5.73 Å². The fraction of sp³-hybridized carbons (Fsp3) is 0.778. The molecule has 0 atom stereocenters. The number of amides is 1. The van der Waals surface area contributed by atoms with Gasteiger partial charge in [0.1, 0.15) is 0 Å². The van der Waals surface area contributed by atoms with Crippen LogP contribution in [0.25, 0.3) is 0 Å². The molecule has 5 heteroatoms. The Bertz CT molecular complexity index is 155. The molecule has 0 unspecified atom stereocenters. The maximum atomic E-state index is 10.3. The number of primary amides is 1. The van der Waals surface area contributed by atoms with Crippen LogP contribution in [-0.2, 0) is 9.59 Å². The standard InChI is InChI=1S/C9H17NO3.Na/c10-8(11)6-4-2-1-3-5-7-9(12)13;/h1-7H2,(H2,10,11)(H,12,13);. The largest absolute Gasteiger partial charge is 0.481 e. The molecule has 3 N–H and O–H groups in total. The second-order valence-corrected chi connectivity index (χ2v) is 3.13. The molecule has 0 aliphatic heterocycles. The van der Waals surface area contributed by atoms with Crippen molar-refractivity contribution in [2.45, 2.75) is 44.9 Å². The van der Waals surface area contributed by atoms with Crippen molar-refractivity contribution in [1.29, 1.82) is 0 Å². The molecule has 0 rings (SSSR count). The number of hydrogen-bond donors (Lipinski definition) is 2. The van der Waals surface area contributed by atoms with Gasteiger partial charge in [0, 0.05) is 42.4 Å². The van der Waals surface area contributed by atoms with Crippen LogP contribution < -0.4 is 5.73 Å². The third-order valence-electron chi connectivity index (χ3n) is 1.81. The number of aliphatic carboxylic acids is 1. The molecule has 0 spiro atoms. The summed E-state index contributed by atoms with van der Waals surface area (Å²) in [6.07, 6.45) is 5.11. The van der Waals surface area contributed by atoms with E-state index in [0.717, 1.165) is 32.1 Å². The number of nitrogens with two attached hydrogens (primary N) is 1. The first kappa shape index (κ1) is 16.4. The predicted octanol–water partition coefficient (Wildman–Crippen LogP) is 0.906. The smallest absolute Gasteiger partial charge is 0.303 e. The summed E-state index contributed by atoms with van der Waals surface area (Å²) in [4.78, 5) is 20.4. The maximum absolute atomic E-state index is 10.3. The molecule has 0 aromatic carbocycles. The van der Waals surface area contributed by atoms with E-state index < -0.39 is 5.97 Å². The van der Waals surface area contributed by atoms with Crippen molar-refractivity contribution >= 4 is 41.4 Å². The van der Waals surface area contributed by atoms with Crippen LogP contribution in [0.3, 0.4) is 0 Å². The van der Waals surface area contributed by atoms with Gasteiger partial charge in [-0.25, -0.2) is 0 Å². The van der Waals surface area contributed by atoms with E-state index in [0.29, 0.717) is 6.42 Å². The molecule has 0 fully saturated rings. The van der Waals surface area contributed by atoms with Crippen LogP contribution in [0.15, 0.2) is 0 Å². The number of unbranched alkanes of at least 4 members (excludes halogenated alkanes) is 4. The minimum atomic E-state index is -0.739. The summed E-state index contributed by atoms with van der Waals surface area (Å²) in [6.45, 7) is 0. The molecule has 0 aliphatic carbocycles. The Morgan fingerprint density at radius 2 is 1.36 bits per heavy atom. The Balaban J connectivity index is 0. The zero-order valence-corrected chi connectivity index (χ0v) is 10.8. The average Bonchev–Trinajstić information content (AvgIpc) is 2.01. The molecule has 1 amide bonds. The zero-order valence-electron chi connectivity index (χ0n) is 8.79. The minimum absolute atomic E-state index is 0. The van der Waals surface area contributed by atoms with Gasteiger partial charge in [-0.15, -0.1) is 0 Å². The Morgan fingerprint density at radius 3 is 1.79 bits per heavy atom. The molecular weight excluding hydrogens is 193 g/mol. The van der Waals surface area contributed by atoms with E-state index in [1.807, 2.05) is 0 Å². The van der Waals surface area contributed by atoms with Crippen LogP contribution in [0.5, 0.6) is 0 Å².